The van der Waals surface area contributed by atoms with Crippen LogP contribution in [0.5, 0.6) is 5.75 Å². The van der Waals surface area contributed by atoms with Crippen LogP contribution in [0.3, 0.4) is 0 Å². The molecule has 3 nitrogen and oxygen atoms in total. The summed E-state index contributed by atoms with van der Waals surface area (Å²) < 4.78 is 54.3. The third-order valence-electron chi connectivity index (χ3n) is 2.65. The second kappa shape index (κ2) is 5.79. The van der Waals surface area contributed by atoms with E-state index in [1.807, 2.05) is 0 Å². The minimum atomic E-state index is -4.48. The highest BCUT2D eigenvalue weighted by Crippen LogP contribution is 2.40. The molecule has 1 aliphatic heterocycles. The van der Waals surface area contributed by atoms with E-state index in [1.165, 1.54) is 18.2 Å². The molecule has 1 fully saturated rings. The number of epoxide rings is 1. The monoisotopic (exact) mass is 276 g/mol. The first kappa shape index (κ1) is 14.1. The lowest BCUT2D eigenvalue weighted by molar-refractivity contribution is -0.225. The van der Waals surface area contributed by atoms with Crippen molar-refractivity contribution in [1.82, 2.24) is 0 Å². The average Bonchev–Trinajstić information content (AvgIpc) is 3.14. The van der Waals surface area contributed by atoms with Crippen molar-refractivity contribution in [2.75, 3.05) is 19.8 Å². The van der Waals surface area contributed by atoms with Gasteiger partial charge in [0.1, 0.15) is 11.9 Å². The molecule has 106 valence electrons. The van der Waals surface area contributed by atoms with E-state index in [4.69, 9.17) is 14.2 Å². The van der Waals surface area contributed by atoms with Gasteiger partial charge in [-0.3, -0.25) is 0 Å². The number of rotatable bonds is 6. The Morgan fingerprint density at radius 1 is 1.37 bits per heavy atom. The van der Waals surface area contributed by atoms with Gasteiger partial charge in [0.05, 0.1) is 19.8 Å². The number of ether oxygens (including phenoxy) is 3. The van der Waals surface area contributed by atoms with E-state index >= 15 is 0 Å². The molecule has 0 amide bonds. The van der Waals surface area contributed by atoms with Crippen molar-refractivity contribution in [1.29, 1.82) is 0 Å². The second-order valence-electron chi connectivity index (χ2n) is 4.18. The van der Waals surface area contributed by atoms with Gasteiger partial charge in [-0.25, -0.2) is 0 Å². The van der Waals surface area contributed by atoms with Crippen molar-refractivity contribution in [3.8, 4) is 5.75 Å². The molecule has 0 unspecified atom stereocenters. The van der Waals surface area contributed by atoms with E-state index in [1.54, 1.807) is 13.0 Å². The van der Waals surface area contributed by atoms with E-state index in [0.29, 0.717) is 13.2 Å². The van der Waals surface area contributed by atoms with Crippen LogP contribution < -0.4 is 4.74 Å². The van der Waals surface area contributed by atoms with Gasteiger partial charge in [-0.05, 0) is 13.0 Å². The maximum absolute atomic E-state index is 13.1. The summed E-state index contributed by atoms with van der Waals surface area (Å²) in [4.78, 5) is 0. The number of alkyl halides is 3. The fraction of sp³-hybridized carbons (Fsp3) is 0.538. The number of hydrogen-bond acceptors (Lipinski definition) is 3. The van der Waals surface area contributed by atoms with Crippen molar-refractivity contribution in [2.45, 2.75) is 25.3 Å². The first-order chi connectivity index (χ1) is 9.02. The standard InChI is InChI=1S/C13H15F3O3/c1-2-17-11-6-4-3-5-10(11)12(13(14,15)16)19-8-9-7-18-9/h3-6,9,12H,2,7-8H2,1H3/t9-,12-/m1/s1. The molecule has 0 bridgehead atoms. The predicted molar refractivity (Wildman–Crippen MR) is 62.1 cm³/mol. The number of benzene rings is 1. The van der Waals surface area contributed by atoms with Crippen LogP contribution in [0, 0.1) is 0 Å². The van der Waals surface area contributed by atoms with Gasteiger partial charge in [0, 0.05) is 5.56 Å². The molecule has 1 aromatic rings. The largest absolute Gasteiger partial charge is 0.493 e. The topological polar surface area (TPSA) is 31.0 Å². The highest BCUT2D eigenvalue weighted by Gasteiger charge is 2.44. The first-order valence-corrected chi connectivity index (χ1v) is 6.04. The molecule has 1 aromatic carbocycles. The molecule has 0 aromatic heterocycles. The third-order valence-corrected chi connectivity index (χ3v) is 2.65. The lowest BCUT2D eigenvalue weighted by atomic mass is 10.1. The van der Waals surface area contributed by atoms with Gasteiger partial charge in [0.2, 0.25) is 0 Å². The molecule has 1 heterocycles. The highest BCUT2D eigenvalue weighted by molar-refractivity contribution is 5.36. The van der Waals surface area contributed by atoms with Crippen LogP contribution in [-0.4, -0.2) is 32.1 Å². The number of para-hydroxylation sites is 1. The molecule has 1 saturated heterocycles. The lowest BCUT2D eigenvalue weighted by Crippen LogP contribution is -2.25. The molecule has 6 heteroatoms. The SMILES string of the molecule is CCOc1ccccc1[C@@H](OC[C@H]1CO1)C(F)(F)F. The third kappa shape index (κ3) is 3.84. The summed E-state index contributed by atoms with van der Waals surface area (Å²) in [7, 11) is 0. The van der Waals surface area contributed by atoms with Crippen LogP contribution in [-0.2, 0) is 9.47 Å². The Kier molecular flexibility index (Phi) is 4.31. The summed E-state index contributed by atoms with van der Waals surface area (Å²) in [6.45, 7) is 2.41. The van der Waals surface area contributed by atoms with Crippen LogP contribution in [0.25, 0.3) is 0 Å². The Bertz CT molecular complexity index is 416. The molecule has 2 rings (SSSR count). The number of halogens is 3. The minimum absolute atomic E-state index is 0.00231. The maximum Gasteiger partial charge on any atom is 0.418 e. The van der Waals surface area contributed by atoms with Crippen molar-refractivity contribution in [3.05, 3.63) is 29.8 Å². The molecule has 0 N–H and O–H groups in total. The van der Waals surface area contributed by atoms with Gasteiger partial charge >= 0.3 is 6.18 Å². The summed E-state index contributed by atoms with van der Waals surface area (Å²) in [5, 5.41) is 0. The van der Waals surface area contributed by atoms with Gasteiger partial charge in [0.15, 0.2) is 6.10 Å². The fourth-order valence-electron chi connectivity index (χ4n) is 1.71. The maximum atomic E-state index is 13.1. The second-order valence-corrected chi connectivity index (χ2v) is 4.18. The zero-order valence-electron chi connectivity index (χ0n) is 10.4. The Hall–Kier alpha value is -1.27. The van der Waals surface area contributed by atoms with E-state index < -0.39 is 12.3 Å². The Morgan fingerprint density at radius 2 is 2.05 bits per heavy atom. The van der Waals surface area contributed by atoms with E-state index in [2.05, 4.69) is 0 Å². The zero-order valence-corrected chi connectivity index (χ0v) is 10.4. The average molecular weight is 276 g/mol. The van der Waals surface area contributed by atoms with Crippen LogP contribution in [0.4, 0.5) is 13.2 Å². The van der Waals surface area contributed by atoms with E-state index in [0.717, 1.165) is 0 Å². The first-order valence-electron chi connectivity index (χ1n) is 6.04. The minimum Gasteiger partial charge on any atom is -0.493 e. The smallest absolute Gasteiger partial charge is 0.418 e. The normalized spacial score (nSPS) is 20.1. The van der Waals surface area contributed by atoms with Crippen LogP contribution in [0.15, 0.2) is 24.3 Å². The molecular formula is C13H15F3O3. The van der Waals surface area contributed by atoms with Gasteiger partial charge in [-0.1, -0.05) is 18.2 Å². The van der Waals surface area contributed by atoms with Gasteiger partial charge < -0.3 is 14.2 Å². The molecular weight excluding hydrogens is 261 g/mol. The molecule has 0 radical (unpaired) electrons. The summed E-state index contributed by atoms with van der Waals surface area (Å²) in [6, 6.07) is 6.05. The fourth-order valence-corrected chi connectivity index (χ4v) is 1.71. The summed E-state index contributed by atoms with van der Waals surface area (Å²) in [5.74, 6) is 0.198. The van der Waals surface area contributed by atoms with Crippen LogP contribution in [0.2, 0.25) is 0 Å². The van der Waals surface area contributed by atoms with Crippen molar-refractivity contribution in [2.24, 2.45) is 0 Å². The Balaban J connectivity index is 2.20. The number of hydrogen-bond donors (Lipinski definition) is 0. The van der Waals surface area contributed by atoms with Crippen LogP contribution in [0.1, 0.15) is 18.6 Å². The summed E-state index contributed by atoms with van der Waals surface area (Å²) in [5.41, 5.74) is -0.00231. The van der Waals surface area contributed by atoms with Crippen LogP contribution >= 0.6 is 0 Å². The molecule has 0 saturated carbocycles. The molecule has 0 aliphatic carbocycles. The van der Waals surface area contributed by atoms with Crippen molar-refractivity contribution < 1.29 is 27.4 Å². The summed E-state index contributed by atoms with van der Waals surface area (Å²) in [6.07, 6.45) is -6.69. The van der Waals surface area contributed by atoms with Crippen molar-refractivity contribution >= 4 is 0 Å². The molecule has 1 aliphatic rings. The molecule has 0 spiro atoms. The molecule has 19 heavy (non-hydrogen) atoms. The predicted octanol–water partition coefficient (Wildman–Crippen LogP) is 3.10. The van der Waals surface area contributed by atoms with Gasteiger partial charge in [-0.2, -0.15) is 13.2 Å². The quantitative estimate of drug-likeness (QED) is 0.748. The van der Waals surface area contributed by atoms with E-state index in [9.17, 15) is 13.2 Å². The zero-order chi connectivity index (χ0) is 13.9. The van der Waals surface area contributed by atoms with E-state index in [-0.39, 0.29) is 24.0 Å². The molecule has 2 atom stereocenters. The Labute approximate surface area is 109 Å². The lowest BCUT2D eigenvalue weighted by Gasteiger charge is -2.23. The Morgan fingerprint density at radius 3 is 2.63 bits per heavy atom. The van der Waals surface area contributed by atoms with Crippen molar-refractivity contribution in [3.63, 3.8) is 0 Å². The van der Waals surface area contributed by atoms with Gasteiger partial charge in [-0.15, -0.1) is 0 Å². The highest BCUT2D eigenvalue weighted by atomic mass is 19.4. The van der Waals surface area contributed by atoms with Gasteiger partial charge in [0.25, 0.3) is 0 Å². The summed E-state index contributed by atoms with van der Waals surface area (Å²) >= 11 is 0.